The first-order valence-corrected chi connectivity index (χ1v) is 13.7. The van der Waals surface area contributed by atoms with Crippen LogP contribution in [0.25, 0.3) is 0 Å². The molecule has 2 unspecified atom stereocenters. The lowest BCUT2D eigenvalue weighted by molar-refractivity contribution is 0.0551. The molecular weight excluding hydrogens is 396 g/mol. The molecule has 2 rings (SSSR count). The number of amides is 1. The van der Waals surface area contributed by atoms with Crippen LogP contribution in [-0.4, -0.2) is 50.7 Å². The molecule has 8 heteroatoms. The number of hydrogen-bond acceptors (Lipinski definition) is 6. The highest BCUT2D eigenvalue weighted by Gasteiger charge is 2.39. The number of ether oxygens (including phenoxy) is 1. The van der Waals surface area contributed by atoms with Gasteiger partial charge < -0.3 is 20.2 Å². The first-order chi connectivity index (χ1) is 13.7. The van der Waals surface area contributed by atoms with Crippen LogP contribution in [0, 0.1) is 5.92 Å². The van der Waals surface area contributed by atoms with E-state index in [0.717, 1.165) is 13.0 Å². The normalized spacial score (nSPS) is 20.7. The van der Waals surface area contributed by atoms with Crippen molar-refractivity contribution >= 4 is 25.8 Å². The minimum Gasteiger partial charge on any atom is -0.443 e. The molecule has 2 atom stereocenters. The lowest BCUT2D eigenvalue weighted by Crippen LogP contribution is -2.54. The molecule has 1 amide bonds. The maximum Gasteiger partial charge on any atom is 0.415 e. The number of nitrogens with zero attached hydrogens (tertiary/aromatic N) is 2. The largest absolute Gasteiger partial charge is 0.443 e. The number of pyridine rings is 1. The molecule has 1 fully saturated rings. The van der Waals surface area contributed by atoms with Crippen molar-refractivity contribution in [3.05, 3.63) is 18.5 Å². The van der Waals surface area contributed by atoms with Crippen LogP contribution in [0.1, 0.15) is 48.0 Å². The highest BCUT2D eigenvalue weighted by Crippen LogP contribution is 2.37. The SMILES string of the molecule is CC(C)(C)OC(=O)N(c1ccncc1N)C1CNCC(CO[Si](C)(C)C(C)(C)C)C1. The number of aromatic nitrogens is 1. The zero-order valence-corrected chi connectivity index (χ0v) is 20.9. The van der Waals surface area contributed by atoms with Crippen LogP contribution in [0.3, 0.4) is 0 Å². The van der Waals surface area contributed by atoms with Gasteiger partial charge in [0.25, 0.3) is 0 Å². The van der Waals surface area contributed by atoms with Gasteiger partial charge in [0.2, 0.25) is 0 Å². The molecule has 2 heterocycles. The Bertz CT molecular complexity index is 728. The van der Waals surface area contributed by atoms with Gasteiger partial charge in [-0.15, -0.1) is 0 Å². The van der Waals surface area contributed by atoms with E-state index in [0.29, 0.717) is 30.4 Å². The third kappa shape index (κ3) is 6.43. The number of rotatable bonds is 5. The summed E-state index contributed by atoms with van der Waals surface area (Å²) in [6.07, 6.45) is 3.65. The lowest BCUT2D eigenvalue weighted by Gasteiger charge is -2.41. The average Bonchev–Trinajstić information content (AvgIpc) is 2.60. The number of nitrogens with one attached hydrogen (secondary N) is 1. The molecule has 0 aromatic carbocycles. The molecule has 1 saturated heterocycles. The van der Waals surface area contributed by atoms with E-state index in [1.54, 1.807) is 23.4 Å². The van der Waals surface area contributed by atoms with E-state index in [1.165, 1.54) is 0 Å². The van der Waals surface area contributed by atoms with E-state index in [1.807, 2.05) is 20.8 Å². The van der Waals surface area contributed by atoms with E-state index in [-0.39, 0.29) is 11.1 Å². The summed E-state index contributed by atoms with van der Waals surface area (Å²) in [6, 6.07) is 1.70. The summed E-state index contributed by atoms with van der Waals surface area (Å²) in [5.74, 6) is 0.311. The summed E-state index contributed by atoms with van der Waals surface area (Å²) in [5, 5.41) is 3.65. The Kier molecular flexibility index (Phi) is 7.58. The highest BCUT2D eigenvalue weighted by molar-refractivity contribution is 6.74. The molecule has 0 saturated carbocycles. The molecule has 170 valence electrons. The molecule has 0 aliphatic carbocycles. The Morgan fingerprint density at radius 2 is 1.93 bits per heavy atom. The Morgan fingerprint density at radius 1 is 1.27 bits per heavy atom. The summed E-state index contributed by atoms with van der Waals surface area (Å²) in [6.45, 7) is 19.1. The van der Waals surface area contributed by atoms with Crippen molar-refractivity contribution in [3.63, 3.8) is 0 Å². The van der Waals surface area contributed by atoms with Gasteiger partial charge in [-0.05, 0) is 57.3 Å². The third-order valence-electron chi connectivity index (χ3n) is 5.95. The molecule has 30 heavy (non-hydrogen) atoms. The van der Waals surface area contributed by atoms with Crippen molar-refractivity contribution in [2.24, 2.45) is 5.92 Å². The van der Waals surface area contributed by atoms with Crippen molar-refractivity contribution in [1.29, 1.82) is 0 Å². The second-order valence-electron chi connectivity index (χ2n) is 10.8. The van der Waals surface area contributed by atoms with Crippen molar-refractivity contribution in [1.82, 2.24) is 10.3 Å². The highest BCUT2D eigenvalue weighted by atomic mass is 28.4. The van der Waals surface area contributed by atoms with Crippen LogP contribution >= 0.6 is 0 Å². The quantitative estimate of drug-likeness (QED) is 0.665. The fourth-order valence-corrected chi connectivity index (χ4v) is 4.33. The molecule has 0 bridgehead atoms. The number of carbonyl (C=O) groups excluding carboxylic acids is 1. The van der Waals surface area contributed by atoms with Gasteiger partial charge >= 0.3 is 6.09 Å². The Morgan fingerprint density at radius 3 is 2.50 bits per heavy atom. The van der Waals surface area contributed by atoms with Crippen molar-refractivity contribution in [3.8, 4) is 0 Å². The van der Waals surface area contributed by atoms with Crippen LogP contribution in [-0.2, 0) is 9.16 Å². The number of nitrogens with two attached hydrogens (primary N) is 1. The van der Waals surface area contributed by atoms with Crippen LogP contribution in [0.2, 0.25) is 18.1 Å². The van der Waals surface area contributed by atoms with Crippen LogP contribution in [0.5, 0.6) is 0 Å². The summed E-state index contributed by atoms with van der Waals surface area (Å²) >= 11 is 0. The monoisotopic (exact) mass is 436 g/mol. The van der Waals surface area contributed by atoms with Gasteiger partial charge in [0.15, 0.2) is 8.32 Å². The molecule has 0 spiro atoms. The van der Waals surface area contributed by atoms with Crippen molar-refractivity contribution in [2.45, 2.75) is 77.7 Å². The zero-order valence-electron chi connectivity index (χ0n) is 19.9. The van der Waals surface area contributed by atoms with Crippen LogP contribution in [0.15, 0.2) is 18.5 Å². The standard InChI is InChI=1S/C22H40N4O3Si/c1-21(2,3)29-20(27)26(19-9-10-24-14-18(19)23)17-11-16(12-25-13-17)15-28-30(7,8)22(4,5)6/h9-10,14,16-17,25H,11-13,15,23H2,1-8H3. The zero-order chi connectivity index (χ0) is 22.7. The minimum atomic E-state index is -1.83. The first-order valence-electron chi connectivity index (χ1n) is 10.8. The number of hydrogen-bond donors (Lipinski definition) is 2. The average molecular weight is 437 g/mol. The van der Waals surface area contributed by atoms with E-state index in [9.17, 15) is 4.79 Å². The van der Waals surface area contributed by atoms with Gasteiger partial charge in [-0.2, -0.15) is 0 Å². The molecular formula is C22H40N4O3Si. The molecule has 1 aliphatic heterocycles. The smallest absolute Gasteiger partial charge is 0.415 e. The van der Waals surface area contributed by atoms with Crippen molar-refractivity contribution in [2.75, 3.05) is 30.3 Å². The van der Waals surface area contributed by atoms with E-state index in [2.05, 4.69) is 44.2 Å². The van der Waals surface area contributed by atoms with E-state index >= 15 is 0 Å². The van der Waals surface area contributed by atoms with Gasteiger partial charge in [0.05, 0.1) is 23.6 Å². The van der Waals surface area contributed by atoms with Crippen LogP contribution < -0.4 is 16.0 Å². The minimum absolute atomic E-state index is 0.0775. The summed E-state index contributed by atoms with van der Waals surface area (Å²) in [7, 11) is -1.83. The fourth-order valence-electron chi connectivity index (χ4n) is 3.25. The van der Waals surface area contributed by atoms with Gasteiger partial charge in [-0.1, -0.05) is 20.8 Å². The topological polar surface area (TPSA) is 89.7 Å². The number of nitrogen functional groups attached to an aromatic ring is 1. The molecule has 3 N–H and O–H groups in total. The second-order valence-corrected chi connectivity index (χ2v) is 15.6. The van der Waals surface area contributed by atoms with Gasteiger partial charge in [-0.3, -0.25) is 9.88 Å². The summed E-state index contributed by atoms with van der Waals surface area (Å²) < 4.78 is 12.2. The molecule has 1 aliphatic rings. The molecule has 1 aromatic heterocycles. The Hall–Kier alpha value is -1.64. The molecule has 0 radical (unpaired) electrons. The summed E-state index contributed by atoms with van der Waals surface area (Å²) in [4.78, 5) is 18.9. The van der Waals surface area contributed by atoms with Crippen molar-refractivity contribution < 1.29 is 14.0 Å². The third-order valence-corrected chi connectivity index (χ3v) is 10.4. The predicted molar refractivity (Wildman–Crippen MR) is 125 cm³/mol. The first kappa shape index (κ1) is 24.6. The number of piperidine rings is 1. The van der Waals surface area contributed by atoms with Crippen LogP contribution in [0.4, 0.5) is 16.2 Å². The Labute approximate surface area is 182 Å². The maximum atomic E-state index is 13.1. The maximum absolute atomic E-state index is 13.1. The van der Waals surface area contributed by atoms with Gasteiger partial charge in [0, 0.05) is 25.9 Å². The second kappa shape index (κ2) is 9.24. The Balaban J connectivity index is 2.20. The predicted octanol–water partition coefficient (Wildman–Crippen LogP) is 4.41. The fraction of sp³-hybridized carbons (Fsp3) is 0.727. The van der Waals surface area contributed by atoms with E-state index in [4.69, 9.17) is 14.9 Å². The lowest BCUT2D eigenvalue weighted by atomic mass is 9.95. The van der Waals surface area contributed by atoms with Gasteiger partial charge in [-0.25, -0.2) is 4.79 Å². The van der Waals surface area contributed by atoms with E-state index < -0.39 is 20.0 Å². The summed E-state index contributed by atoms with van der Waals surface area (Å²) in [5.41, 5.74) is 6.68. The van der Waals surface area contributed by atoms with Gasteiger partial charge in [0.1, 0.15) is 5.60 Å². The number of anilines is 2. The molecule has 1 aromatic rings. The molecule has 7 nitrogen and oxygen atoms in total. The number of carbonyl (C=O) groups is 1.